The number of aryl methyl sites for hydroxylation is 2. The molecule has 0 unspecified atom stereocenters. The molecule has 0 aliphatic carbocycles. The molecule has 26 heavy (non-hydrogen) atoms. The Balaban J connectivity index is 1.48. The molecule has 0 radical (unpaired) electrons. The normalized spacial score (nSPS) is 15.7. The third-order valence-corrected chi connectivity index (χ3v) is 4.93. The van der Waals surface area contributed by atoms with Crippen molar-refractivity contribution in [3.63, 3.8) is 0 Å². The first-order chi connectivity index (χ1) is 12.5. The van der Waals surface area contributed by atoms with E-state index < -0.39 is 0 Å². The van der Waals surface area contributed by atoms with E-state index in [0.29, 0.717) is 36.6 Å². The van der Waals surface area contributed by atoms with Gasteiger partial charge in [-0.05, 0) is 19.8 Å². The summed E-state index contributed by atoms with van der Waals surface area (Å²) in [4.78, 5) is 31.2. The van der Waals surface area contributed by atoms with Crippen LogP contribution in [-0.2, 0) is 6.42 Å². The summed E-state index contributed by atoms with van der Waals surface area (Å²) in [7, 11) is 0. The summed E-state index contributed by atoms with van der Waals surface area (Å²) in [5, 5.41) is 6.84. The van der Waals surface area contributed by atoms with Crippen LogP contribution in [0.5, 0.6) is 0 Å². The summed E-state index contributed by atoms with van der Waals surface area (Å²) in [5.41, 5.74) is 2.59. The van der Waals surface area contributed by atoms with Gasteiger partial charge in [0.05, 0.1) is 5.69 Å². The van der Waals surface area contributed by atoms with E-state index in [9.17, 15) is 9.59 Å². The predicted molar refractivity (Wildman–Crippen MR) is 94.3 cm³/mol. The number of rotatable bonds is 3. The molecule has 0 atom stereocenters. The molecule has 1 aliphatic heterocycles. The Hall–Kier alpha value is -2.90. The number of aromatic amines is 1. The molecule has 8 nitrogen and oxygen atoms in total. The Kier molecular flexibility index (Phi) is 4.10. The van der Waals surface area contributed by atoms with Crippen molar-refractivity contribution in [3.8, 4) is 0 Å². The largest absolute Gasteiger partial charge is 0.361 e. The lowest BCUT2D eigenvalue weighted by Crippen LogP contribution is -2.38. The van der Waals surface area contributed by atoms with Crippen molar-refractivity contribution in [2.24, 2.45) is 0 Å². The smallest absolute Gasteiger partial charge is 0.276 e. The highest BCUT2D eigenvalue weighted by atomic mass is 16.5. The van der Waals surface area contributed by atoms with Crippen LogP contribution in [0.1, 0.15) is 53.3 Å². The molecule has 4 rings (SSSR count). The molecular weight excluding hydrogens is 334 g/mol. The minimum Gasteiger partial charge on any atom is -0.361 e. The fourth-order valence-corrected chi connectivity index (χ4v) is 3.46. The van der Waals surface area contributed by atoms with Crippen molar-refractivity contribution in [1.29, 1.82) is 0 Å². The lowest BCUT2D eigenvalue weighted by Gasteiger charge is -2.31. The molecule has 0 saturated carbocycles. The minimum absolute atomic E-state index is 0.100. The minimum atomic E-state index is -0.105. The fourth-order valence-electron chi connectivity index (χ4n) is 3.46. The molecular formula is C18H21N5O3. The van der Waals surface area contributed by atoms with Crippen LogP contribution in [0.25, 0.3) is 5.65 Å². The van der Waals surface area contributed by atoms with Crippen LogP contribution in [0.15, 0.2) is 27.5 Å². The monoisotopic (exact) mass is 355 g/mol. The number of hydrogen-bond acceptors (Lipinski definition) is 5. The van der Waals surface area contributed by atoms with Gasteiger partial charge in [0.25, 0.3) is 11.5 Å². The highest BCUT2D eigenvalue weighted by Gasteiger charge is 2.27. The lowest BCUT2D eigenvalue weighted by molar-refractivity contribution is 0.0701. The molecule has 1 N–H and O–H groups in total. The van der Waals surface area contributed by atoms with E-state index in [4.69, 9.17) is 4.52 Å². The zero-order valence-corrected chi connectivity index (χ0v) is 14.9. The van der Waals surface area contributed by atoms with Crippen molar-refractivity contribution in [1.82, 2.24) is 24.7 Å². The summed E-state index contributed by atoms with van der Waals surface area (Å²) in [6, 6.07) is 5.16. The summed E-state index contributed by atoms with van der Waals surface area (Å²) < 4.78 is 6.58. The SMILES string of the molecule is CCc1cc(C(=O)N2CCC(c3cc(=O)n4[nH]c(C)cc4n3)CC2)no1. The number of carbonyl (C=O) groups is 1. The van der Waals surface area contributed by atoms with Crippen LogP contribution in [-0.4, -0.2) is 43.7 Å². The summed E-state index contributed by atoms with van der Waals surface area (Å²) in [6.45, 7) is 5.08. The van der Waals surface area contributed by atoms with Gasteiger partial charge in [0.2, 0.25) is 0 Å². The Morgan fingerprint density at radius 2 is 2.08 bits per heavy atom. The topological polar surface area (TPSA) is 96.5 Å². The second-order valence-corrected chi connectivity index (χ2v) is 6.75. The molecule has 1 fully saturated rings. The van der Waals surface area contributed by atoms with Crippen LogP contribution in [0.3, 0.4) is 0 Å². The predicted octanol–water partition coefficient (Wildman–Crippen LogP) is 1.90. The van der Waals surface area contributed by atoms with Gasteiger partial charge in [-0.1, -0.05) is 12.1 Å². The molecule has 1 saturated heterocycles. The molecule has 8 heteroatoms. The quantitative estimate of drug-likeness (QED) is 0.774. The van der Waals surface area contributed by atoms with E-state index in [2.05, 4.69) is 15.2 Å². The molecule has 3 aromatic rings. The molecule has 1 amide bonds. The van der Waals surface area contributed by atoms with Gasteiger partial charge in [-0.2, -0.15) is 0 Å². The first-order valence-electron chi connectivity index (χ1n) is 8.89. The number of H-pyrrole nitrogens is 1. The third-order valence-electron chi connectivity index (χ3n) is 4.93. The molecule has 1 aliphatic rings. The molecule has 0 aromatic carbocycles. The first-order valence-corrected chi connectivity index (χ1v) is 8.89. The lowest BCUT2D eigenvalue weighted by atomic mass is 9.93. The van der Waals surface area contributed by atoms with Gasteiger partial charge in [-0.15, -0.1) is 0 Å². The maximum Gasteiger partial charge on any atom is 0.276 e. The molecule has 4 heterocycles. The van der Waals surface area contributed by atoms with Crippen LogP contribution < -0.4 is 5.56 Å². The molecule has 136 valence electrons. The summed E-state index contributed by atoms with van der Waals surface area (Å²) in [5.74, 6) is 0.787. The maximum atomic E-state index is 12.5. The number of nitrogens with one attached hydrogen (secondary N) is 1. The highest BCUT2D eigenvalue weighted by Crippen LogP contribution is 2.27. The number of nitrogens with zero attached hydrogens (tertiary/aromatic N) is 4. The van der Waals surface area contributed by atoms with Crippen molar-refractivity contribution < 1.29 is 9.32 Å². The van der Waals surface area contributed by atoms with Crippen molar-refractivity contribution >= 4 is 11.6 Å². The van der Waals surface area contributed by atoms with Gasteiger partial charge in [0.1, 0.15) is 5.76 Å². The van der Waals surface area contributed by atoms with Gasteiger partial charge in [-0.3, -0.25) is 14.7 Å². The molecule has 3 aromatic heterocycles. The Bertz CT molecular complexity index is 1010. The zero-order chi connectivity index (χ0) is 18.3. The van der Waals surface area contributed by atoms with E-state index in [-0.39, 0.29) is 17.4 Å². The number of piperidine rings is 1. The number of likely N-dealkylation sites (tertiary alicyclic amines) is 1. The second kappa shape index (κ2) is 6.44. The van der Waals surface area contributed by atoms with Gasteiger partial charge in [0.15, 0.2) is 11.3 Å². The summed E-state index contributed by atoms with van der Waals surface area (Å²) in [6.07, 6.45) is 2.26. The van der Waals surface area contributed by atoms with Crippen molar-refractivity contribution in [3.05, 3.63) is 51.4 Å². The van der Waals surface area contributed by atoms with E-state index in [1.165, 1.54) is 4.52 Å². The second-order valence-electron chi connectivity index (χ2n) is 6.75. The Morgan fingerprint density at radius 1 is 1.31 bits per heavy atom. The number of hydrogen-bond donors (Lipinski definition) is 1. The fraction of sp³-hybridized carbons (Fsp3) is 0.444. The third kappa shape index (κ3) is 2.91. The highest BCUT2D eigenvalue weighted by molar-refractivity contribution is 5.92. The van der Waals surface area contributed by atoms with Gasteiger partial charge < -0.3 is 9.42 Å². The Labute approximate surface area is 149 Å². The zero-order valence-electron chi connectivity index (χ0n) is 14.9. The van der Waals surface area contributed by atoms with E-state index in [1.807, 2.05) is 19.9 Å². The van der Waals surface area contributed by atoms with E-state index in [1.54, 1.807) is 17.0 Å². The van der Waals surface area contributed by atoms with Gasteiger partial charge >= 0.3 is 0 Å². The van der Waals surface area contributed by atoms with Crippen LogP contribution in [0.4, 0.5) is 0 Å². The maximum absolute atomic E-state index is 12.5. The van der Waals surface area contributed by atoms with Crippen LogP contribution in [0, 0.1) is 6.92 Å². The molecule has 0 bridgehead atoms. The average Bonchev–Trinajstić information content (AvgIpc) is 3.27. The number of carbonyl (C=O) groups excluding carboxylic acids is 1. The van der Waals surface area contributed by atoms with Crippen molar-refractivity contribution in [2.45, 2.75) is 39.0 Å². The van der Waals surface area contributed by atoms with Crippen LogP contribution in [0.2, 0.25) is 0 Å². The first kappa shape index (κ1) is 16.6. The van der Waals surface area contributed by atoms with Gasteiger partial charge in [-0.25, -0.2) is 9.50 Å². The van der Waals surface area contributed by atoms with Crippen molar-refractivity contribution in [2.75, 3.05) is 13.1 Å². The van der Waals surface area contributed by atoms with E-state index >= 15 is 0 Å². The number of amides is 1. The van der Waals surface area contributed by atoms with E-state index in [0.717, 1.165) is 24.2 Å². The summed E-state index contributed by atoms with van der Waals surface area (Å²) >= 11 is 0. The standard InChI is InChI=1S/C18H21N5O3/c1-3-13-9-15(21-26-13)18(25)22-6-4-12(5-7-22)14-10-17(24)23-16(19-14)8-11(2)20-23/h8-10,12,20H,3-7H2,1-2H3. The average molecular weight is 355 g/mol. The Morgan fingerprint density at radius 3 is 2.77 bits per heavy atom. The van der Waals surface area contributed by atoms with Gasteiger partial charge in [0, 0.05) is 49.3 Å². The number of fused-ring (bicyclic) bond motifs is 1. The van der Waals surface area contributed by atoms with Crippen LogP contribution >= 0.6 is 0 Å². The number of aromatic nitrogens is 4. The molecule has 0 spiro atoms.